The fourth-order valence-electron chi connectivity index (χ4n) is 1.54. The number of nitrogens with two attached hydrogens (primary N) is 1. The molecule has 0 bridgehead atoms. The smallest absolute Gasteiger partial charge is 0.0945 e. The van der Waals surface area contributed by atoms with Crippen molar-refractivity contribution >= 4 is 0 Å². The van der Waals surface area contributed by atoms with Gasteiger partial charge in [-0.25, -0.2) is 0 Å². The Bertz CT molecular complexity index is 279. The number of ether oxygens (including phenoxy) is 1. The molecule has 13 heavy (non-hydrogen) atoms. The zero-order valence-electron chi connectivity index (χ0n) is 8.50. The summed E-state index contributed by atoms with van der Waals surface area (Å²) in [7, 11) is 1.69. The maximum Gasteiger partial charge on any atom is 0.0945 e. The molecule has 0 saturated heterocycles. The number of benzene rings is 1. The molecule has 1 unspecified atom stereocenters. The molecule has 2 heteroatoms. The van der Waals surface area contributed by atoms with E-state index in [9.17, 15) is 0 Å². The van der Waals surface area contributed by atoms with Crippen LogP contribution in [0.1, 0.15) is 22.8 Å². The molecule has 0 heterocycles. The molecule has 2 nitrogen and oxygen atoms in total. The van der Waals surface area contributed by atoms with Gasteiger partial charge in [0.2, 0.25) is 0 Å². The molecule has 0 aliphatic heterocycles. The van der Waals surface area contributed by atoms with Crippen LogP contribution in [-0.4, -0.2) is 13.7 Å². The first-order valence-corrected chi connectivity index (χ1v) is 4.49. The predicted octanol–water partition coefficient (Wildman–Crippen LogP) is 1.95. The van der Waals surface area contributed by atoms with Gasteiger partial charge in [-0.05, 0) is 25.0 Å². The first-order valence-electron chi connectivity index (χ1n) is 4.49. The Labute approximate surface area is 79.7 Å². The van der Waals surface area contributed by atoms with Gasteiger partial charge in [-0.1, -0.05) is 23.8 Å². The Kier molecular flexibility index (Phi) is 3.46. The summed E-state index contributed by atoms with van der Waals surface area (Å²) in [5, 5.41) is 0. The number of hydrogen-bond donors (Lipinski definition) is 1. The summed E-state index contributed by atoms with van der Waals surface area (Å²) < 4.78 is 5.28. The summed E-state index contributed by atoms with van der Waals surface area (Å²) in [5.41, 5.74) is 9.31. The van der Waals surface area contributed by atoms with Gasteiger partial charge in [-0.3, -0.25) is 0 Å². The van der Waals surface area contributed by atoms with Crippen LogP contribution in [0, 0.1) is 13.8 Å². The van der Waals surface area contributed by atoms with Crippen molar-refractivity contribution in [2.45, 2.75) is 20.0 Å². The fourth-order valence-corrected chi connectivity index (χ4v) is 1.54. The lowest BCUT2D eigenvalue weighted by molar-refractivity contribution is 0.110. The van der Waals surface area contributed by atoms with Crippen molar-refractivity contribution < 1.29 is 4.74 Å². The van der Waals surface area contributed by atoms with Crippen molar-refractivity contribution in [3.63, 3.8) is 0 Å². The lowest BCUT2D eigenvalue weighted by atomic mass is 10.0. The van der Waals surface area contributed by atoms with E-state index >= 15 is 0 Å². The van der Waals surface area contributed by atoms with Gasteiger partial charge in [0.05, 0.1) is 6.10 Å². The second-order valence-corrected chi connectivity index (χ2v) is 3.32. The van der Waals surface area contributed by atoms with Crippen LogP contribution in [0.25, 0.3) is 0 Å². The highest BCUT2D eigenvalue weighted by Gasteiger charge is 2.10. The molecule has 0 aromatic heterocycles. The second kappa shape index (κ2) is 4.40. The van der Waals surface area contributed by atoms with Crippen LogP contribution in [-0.2, 0) is 4.74 Å². The Hall–Kier alpha value is -0.860. The van der Waals surface area contributed by atoms with Gasteiger partial charge in [0.15, 0.2) is 0 Å². The molecule has 0 fully saturated rings. The van der Waals surface area contributed by atoms with Gasteiger partial charge in [-0.2, -0.15) is 0 Å². The van der Waals surface area contributed by atoms with Crippen molar-refractivity contribution in [3.8, 4) is 0 Å². The molecule has 1 aromatic rings. The van der Waals surface area contributed by atoms with Gasteiger partial charge in [0, 0.05) is 13.7 Å². The average Bonchev–Trinajstić information content (AvgIpc) is 2.10. The summed E-state index contributed by atoms with van der Waals surface area (Å²) in [4.78, 5) is 0. The summed E-state index contributed by atoms with van der Waals surface area (Å²) in [6.07, 6.45) is 0.0283. The third kappa shape index (κ3) is 2.29. The van der Waals surface area contributed by atoms with Crippen LogP contribution in [0.4, 0.5) is 0 Å². The molecule has 2 N–H and O–H groups in total. The molecular weight excluding hydrogens is 162 g/mol. The zero-order valence-corrected chi connectivity index (χ0v) is 8.50. The quantitative estimate of drug-likeness (QED) is 0.769. The molecular formula is C11H17NO. The second-order valence-electron chi connectivity index (χ2n) is 3.32. The van der Waals surface area contributed by atoms with E-state index in [0.29, 0.717) is 6.54 Å². The lowest BCUT2D eigenvalue weighted by Gasteiger charge is -2.16. The standard InChI is InChI=1S/C11H17NO/c1-8-4-5-10(9(2)6-8)11(7-12)13-3/h4-6,11H,7,12H2,1-3H3. The number of aryl methyl sites for hydroxylation is 2. The molecule has 1 atom stereocenters. The summed E-state index contributed by atoms with van der Waals surface area (Å²) in [6.45, 7) is 4.70. The van der Waals surface area contributed by atoms with Crippen molar-refractivity contribution in [2.24, 2.45) is 5.73 Å². The van der Waals surface area contributed by atoms with Crippen LogP contribution in [0.5, 0.6) is 0 Å². The van der Waals surface area contributed by atoms with Crippen molar-refractivity contribution in [1.29, 1.82) is 0 Å². The van der Waals surface area contributed by atoms with E-state index in [2.05, 4.69) is 32.0 Å². The highest BCUT2D eigenvalue weighted by molar-refractivity contribution is 5.32. The summed E-state index contributed by atoms with van der Waals surface area (Å²) in [5.74, 6) is 0. The van der Waals surface area contributed by atoms with E-state index in [1.807, 2.05) is 0 Å². The molecule has 1 rings (SSSR count). The molecule has 0 saturated carbocycles. The van der Waals surface area contributed by atoms with Gasteiger partial charge in [0.25, 0.3) is 0 Å². The van der Waals surface area contributed by atoms with Crippen LogP contribution < -0.4 is 5.73 Å². The Balaban J connectivity index is 2.99. The molecule has 0 aliphatic rings. The molecule has 0 amide bonds. The third-order valence-electron chi connectivity index (χ3n) is 2.27. The molecule has 72 valence electrons. The normalized spacial score (nSPS) is 12.9. The zero-order chi connectivity index (χ0) is 9.84. The maximum absolute atomic E-state index is 5.60. The average molecular weight is 179 g/mol. The van der Waals surface area contributed by atoms with E-state index in [-0.39, 0.29) is 6.10 Å². The van der Waals surface area contributed by atoms with Crippen LogP contribution >= 0.6 is 0 Å². The minimum absolute atomic E-state index is 0.0283. The maximum atomic E-state index is 5.60. The number of methoxy groups -OCH3 is 1. The lowest BCUT2D eigenvalue weighted by Crippen LogP contribution is -2.15. The van der Waals surface area contributed by atoms with Gasteiger partial charge in [0.1, 0.15) is 0 Å². The predicted molar refractivity (Wildman–Crippen MR) is 54.7 cm³/mol. The largest absolute Gasteiger partial charge is 0.375 e. The minimum atomic E-state index is 0.0283. The van der Waals surface area contributed by atoms with Gasteiger partial charge < -0.3 is 10.5 Å². The molecule has 0 spiro atoms. The Morgan fingerprint density at radius 3 is 2.54 bits per heavy atom. The third-order valence-corrected chi connectivity index (χ3v) is 2.27. The minimum Gasteiger partial charge on any atom is -0.375 e. The topological polar surface area (TPSA) is 35.2 Å². The van der Waals surface area contributed by atoms with Crippen LogP contribution in [0.15, 0.2) is 18.2 Å². The number of hydrogen-bond acceptors (Lipinski definition) is 2. The molecule has 0 aliphatic carbocycles. The van der Waals surface area contributed by atoms with E-state index in [4.69, 9.17) is 10.5 Å². The highest BCUT2D eigenvalue weighted by atomic mass is 16.5. The van der Waals surface area contributed by atoms with Gasteiger partial charge >= 0.3 is 0 Å². The van der Waals surface area contributed by atoms with E-state index in [1.54, 1.807) is 7.11 Å². The number of rotatable bonds is 3. The first-order chi connectivity index (χ1) is 6.19. The Morgan fingerprint density at radius 2 is 2.08 bits per heavy atom. The summed E-state index contributed by atoms with van der Waals surface area (Å²) in [6, 6.07) is 6.33. The Morgan fingerprint density at radius 1 is 1.38 bits per heavy atom. The van der Waals surface area contributed by atoms with Crippen molar-refractivity contribution in [2.75, 3.05) is 13.7 Å². The molecule has 1 aromatic carbocycles. The SMILES string of the molecule is COC(CN)c1ccc(C)cc1C. The van der Waals surface area contributed by atoms with E-state index < -0.39 is 0 Å². The van der Waals surface area contributed by atoms with E-state index in [1.165, 1.54) is 16.7 Å². The van der Waals surface area contributed by atoms with Gasteiger partial charge in [-0.15, -0.1) is 0 Å². The fraction of sp³-hybridized carbons (Fsp3) is 0.455. The van der Waals surface area contributed by atoms with Crippen molar-refractivity contribution in [1.82, 2.24) is 0 Å². The summed E-state index contributed by atoms with van der Waals surface area (Å²) >= 11 is 0. The van der Waals surface area contributed by atoms with Crippen LogP contribution in [0.2, 0.25) is 0 Å². The van der Waals surface area contributed by atoms with Crippen molar-refractivity contribution in [3.05, 3.63) is 34.9 Å². The van der Waals surface area contributed by atoms with E-state index in [0.717, 1.165) is 0 Å². The van der Waals surface area contributed by atoms with Crippen LogP contribution in [0.3, 0.4) is 0 Å². The molecule has 0 radical (unpaired) electrons. The highest BCUT2D eigenvalue weighted by Crippen LogP contribution is 2.20. The monoisotopic (exact) mass is 179 g/mol. The first kappa shape index (κ1) is 10.2.